The summed E-state index contributed by atoms with van der Waals surface area (Å²) in [7, 11) is 1.44. The van der Waals surface area contributed by atoms with E-state index in [1.54, 1.807) is 23.5 Å². The Morgan fingerprint density at radius 3 is 2.76 bits per heavy atom. The summed E-state index contributed by atoms with van der Waals surface area (Å²) in [5, 5.41) is 3.94. The molecule has 1 heterocycles. The zero-order valence-electron chi connectivity index (χ0n) is 9.11. The zero-order chi connectivity index (χ0) is 12.4. The third-order valence-corrected chi connectivity index (χ3v) is 4.26. The smallest absolute Gasteiger partial charge is 0.165 e. The van der Waals surface area contributed by atoms with E-state index in [4.69, 9.17) is 10.5 Å². The van der Waals surface area contributed by atoms with Crippen molar-refractivity contribution < 1.29 is 9.13 Å². The highest BCUT2D eigenvalue weighted by atomic mass is 79.9. The lowest BCUT2D eigenvalue weighted by molar-refractivity contribution is 0.385. The summed E-state index contributed by atoms with van der Waals surface area (Å²) >= 11 is 5.01. The minimum atomic E-state index is -0.382. The first kappa shape index (κ1) is 12.5. The maximum absolute atomic E-state index is 13.3. The number of hydrogen-bond donors (Lipinski definition) is 1. The number of thiophene rings is 1. The summed E-state index contributed by atoms with van der Waals surface area (Å²) in [4.78, 5) is 0. The monoisotopic (exact) mass is 315 g/mol. The quantitative estimate of drug-likeness (QED) is 0.937. The third kappa shape index (κ3) is 2.51. The van der Waals surface area contributed by atoms with Crippen LogP contribution in [0.15, 0.2) is 33.4 Å². The van der Waals surface area contributed by atoms with Crippen molar-refractivity contribution in [1.29, 1.82) is 0 Å². The van der Waals surface area contributed by atoms with Crippen molar-refractivity contribution in [2.75, 3.05) is 7.11 Å². The van der Waals surface area contributed by atoms with Crippen LogP contribution in [0.3, 0.4) is 0 Å². The number of ether oxygens (including phenoxy) is 1. The van der Waals surface area contributed by atoms with Crippen LogP contribution >= 0.6 is 27.3 Å². The molecular weight excluding hydrogens is 305 g/mol. The van der Waals surface area contributed by atoms with Crippen molar-refractivity contribution in [2.45, 2.75) is 6.04 Å². The van der Waals surface area contributed by atoms with Crippen LogP contribution in [0.5, 0.6) is 5.75 Å². The molecule has 0 radical (unpaired) electrons. The standard InChI is InChI=1S/C12H11BrFNOS/c1-16-11-4-7(2-3-10(11)14)12(15)8-5-17-6-9(8)13/h2-6,12H,15H2,1H3. The molecule has 0 bridgehead atoms. The van der Waals surface area contributed by atoms with Crippen LogP contribution in [0.2, 0.25) is 0 Å². The summed E-state index contributed by atoms with van der Waals surface area (Å²) in [5.41, 5.74) is 7.95. The highest BCUT2D eigenvalue weighted by Gasteiger charge is 2.15. The number of nitrogens with two attached hydrogens (primary N) is 1. The van der Waals surface area contributed by atoms with E-state index >= 15 is 0 Å². The van der Waals surface area contributed by atoms with Crippen LogP contribution in [0.25, 0.3) is 0 Å². The second kappa shape index (κ2) is 5.16. The Balaban J connectivity index is 2.38. The lowest BCUT2D eigenvalue weighted by Crippen LogP contribution is -2.11. The SMILES string of the molecule is COc1cc(C(N)c2cscc2Br)ccc1F. The second-order valence-electron chi connectivity index (χ2n) is 3.55. The van der Waals surface area contributed by atoms with Crippen LogP contribution < -0.4 is 10.5 Å². The summed E-state index contributed by atoms with van der Waals surface area (Å²) in [6.07, 6.45) is 0. The Hall–Kier alpha value is -0.910. The van der Waals surface area contributed by atoms with Gasteiger partial charge in [-0.1, -0.05) is 6.07 Å². The van der Waals surface area contributed by atoms with E-state index in [0.717, 1.165) is 15.6 Å². The fourth-order valence-corrected chi connectivity index (χ4v) is 3.14. The molecule has 0 saturated heterocycles. The number of benzene rings is 1. The van der Waals surface area contributed by atoms with Gasteiger partial charge in [0.25, 0.3) is 0 Å². The predicted octanol–water partition coefficient (Wildman–Crippen LogP) is 3.71. The van der Waals surface area contributed by atoms with Gasteiger partial charge in [-0.15, -0.1) is 0 Å². The van der Waals surface area contributed by atoms with Crippen molar-refractivity contribution in [2.24, 2.45) is 5.73 Å². The minimum absolute atomic E-state index is 0.212. The van der Waals surface area contributed by atoms with E-state index in [-0.39, 0.29) is 17.6 Å². The van der Waals surface area contributed by atoms with Crippen molar-refractivity contribution in [3.05, 3.63) is 50.4 Å². The predicted molar refractivity (Wildman–Crippen MR) is 71.0 cm³/mol. The van der Waals surface area contributed by atoms with Crippen molar-refractivity contribution in [3.8, 4) is 5.75 Å². The molecule has 0 aliphatic carbocycles. The van der Waals surface area contributed by atoms with Gasteiger partial charge >= 0.3 is 0 Å². The van der Waals surface area contributed by atoms with Crippen LogP contribution in [0.1, 0.15) is 17.2 Å². The topological polar surface area (TPSA) is 35.2 Å². The molecule has 0 spiro atoms. The number of halogens is 2. The molecule has 1 unspecified atom stereocenters. The maximum Gasteiger partial charge on any atom is 0.165 e. The molecule has 2 aromatic rings. The fraction of sp³-hybridized carbons (Fsp3) is 0.167. The van der Waals surface area contributed by atoms with Crippen molar-refractivity contribution in [1.82, 2.24) is 0 Å². The van der Waals surface area contributed by atoms with E-state index in [1.165, 1.54) is 13.2 Å². The number of hydrogen-bond acceptors (Lipinski definition) is 3. The maximum atomic E-state index is 13.3. The molecule has 2 rings (SSSR count). The van der Waals surface area contributed by atoms with Gasteiger partial charge in [-0.2, -0.15) is 11.3 Å². The lowest BCUT2D eigenvalue weighted by atomic mass is 10.0. The molecule has 17 heavy (non-hydrogen) atoms. The van der Waals surface area contributed by atoms with E-state index in [9.17, 15) is 4.39 Å². The third-order valence-electron chi connectivity index (χ3n) is 2.51. The summed E-state index contributed by atoms with van der Waals surface area (Å²) < 4.78 is 19.2. The van der Waals surface area contributed by atoms with Gasteiger partial charge in [0, 0.05) is 9.85 Å². The van der Waals surface area contributed by atoms with E-state index in [1.807, 2.05) is 10.8 Å². The summed E-state index contributed by atoms with van der Waals surface area (Å²) in [6.45, 7) is 0. The van der Waals surface area contributed by atoms with Gasteiger partial charge in [-0.25, -0.2) is 4.39 Å². The Kier molecular flexibility index (Phi) is 3.81. The molecule has 0 aliphatic heterocycles. The normalized spacial score (nSPS) is 12.5. The molecule has 1 atom stereocenters. The van der Waals surface area contributed by atoms with E-state index < -0.39 is 0 Å². The van der Waals surface area contributed by atoms with E-state index in [2.05, 4.69) is 15.9 Å². The van der Waals surface area contributed by atoms with Gasteiger partial charge in [0.15, 0.2) is 11.6 Å². The first-order valence-corrected chi connectivity index (χ1v) is 6.67. The molecule has 1 aromatic heterocycles. The van der Waals surface area contributed by atoms with Crippen molar-refractivity contribution >= 4 is 27.3 Å². The number of rotatable bonds is 3. The van der Waals surface area contributed by atoms with Gasteiger partial charge in [0.1, 0.15) is 0 Å². The Bertz CT molecular complexity index is 529. The highest BCUT2D eigenvalue weighted by molar-refractivity contribution is 9.10. The molecule has 90 valence electrons. The van der Waals surface area contributed by atoms with Gasteiger partial charge in [-0.3, -0.25) is 0 Å². The van der Waals surface area contributed by atoms with Crippen LogP contribution in [-0.2, 0) is 0 Å². The van der Waals surface area contributed by atoms with Crippen LogP contribution in [0.4, 0.5) is 4.39 Å². The first-order valence-electron chi connectivity index (χ1n) is 4.94. The second-order valence-corrected chi connectivity index (χ2v) is 5.14. The van der Waals surface area contributed by atoms with Crippen LogP contribution in [0, 0.1) is 5.82 Å². The average Bonchev–Trinajstić information content (AvgIpc) is 2.75. The molecule has 5 heteroatoms. The molecular formula is C12H11BrFNOS. The molecule has 0 aliphatic rings. The fourth-order valence-electron chi connectivity index (χ4n) is 1.56. The Labute approximate surface area is 111 Å². The molecule has 1 aromatic carbocycles. The van der Waals surface area contributed by atoms with Gasteiger partial charge < -0.3 is 10.5 Å². The average molecular weight is 316 g/mol. The van der Waals surface area contributed by atoms with Crippen LogP contribution in [-0.4, -0.2) is 7.11 Å². The Morgan fingerprint density at radius 1 is 1.41 bits per heavy atom. The van der Waals surface area contributed by atoms with E-state index in [0.29, 0.717) is 0 Å². The van der Waals surface area contributed by atoms with Gasteiger partial charge in [-0.05, 0) is 44.6 Å². The largest absolute Gasteiger partial charge is 0.494 e. The lowest BCUT2D eigenvalue weighted by Gasteiger charge is -2.13. The molecule has 2 N–H and O–H groups in total. The first-order chi connectivity index (χ1) is 8.13. The summed E-state index contributed by atoms with van der Waals surface area (Å²) in [6, 6.07) is 4.38. The van der Waals surface area contributed by atoms with Gasteiger partial charge in [0.05, 0.1) is 13.2 Å². The minimum Gasteiger partial charge on any atom is -0.494 e. The molecule has 0 saturated carbocycles. The summed E-state index contributed by atoms with van der Waals surface area (Å²) in [5.74, 6) is -0.169. The zero-order valence-corrected chi connectivity index (χ0v) is 11.5. The highest BCUT2D eigenvalue weighted by Crippen LogP contribution is 2.31. The number of methoxy groups -OCH3 is 1. The van der Waals surface area contributed by atoms with Crippen molar-refractivity contribution in [3.63, 3.8) is 0 Å². The Morgan fingerprint density at radius 2 is 2.18 bits per heavy atom. The molecule has 0 fully saturated rings. The van der Waals surface area contributed by atoms with Gasteiger partial charge in [0.2, 0.25) is 0 Å². The molecule has 0 amide bonds. The molecule has 2 nitrogen and oxygen atoms in total.